The van der Waals surface area contributed by atoms with E-state index in [9.17, 15) is 14.4 Å². The van der Waals surface area contributed by atoms with Gasteiger partial charge in [-0.2, -0.15) is 0 Å². The Morgan fingerprint density at radius 2 is 1.36 bits per heavy atom. The molecule has 11 heteroatoms. The highest BCUT2D eigenvalue weighted by Gasteiger charge is 2.88. The Hall–Kier alpha value is 0.0900. The van der Waals surface area contributed by atoms with Gasteiger partial charge in [-0.05, 0) is 0 Å². The van der Waals surface area contributed by atoms with Crippen LogP contribution in [0.1, 0.15) is 6.92 Å². The molecule has 0 radical (unpaired) electrons. The number of carbonyl (C=O) groups is 3. The molecule has 0 aromatic rings. The summed E-state index contributed by atoms with van der Waals surface area (Å²) in [7, 11) is 0. The number of halogens is 6. The lowest BCUT2D eigenvalue weighted by Crippen LogP contribution is -2.50. The molecule has 2 bridgehead atoms. The second kappa shape index (κ2) is 4.58. The number of amides is 2. The lowest BCUT2D eigenvalue weighted by Gasteiger charge is -2.34. The quantitative estimate of drug-likeness (QED) is 0.477. The van der Waals surface area contributed by atoms with Gasteiger partial charge in [0.25, 0.3) is 11.8 Å². The molecular weight excluding hydrogens is 423 g/mol. The summed E-state index contributed by atoms with van der Waals surface area (Å²) in [5.41, 5.74) is 0. The van der Waals surface area contributed by atoms with E-state index in [1.807, 2.05) is 0 Å². The first-order valence-electron chi connectivity index (χ1n) is 5.82. The number of imide groups is 1. The minimum Gasteiger partial charge on any atom is -0.331 e. The van der Waals surface area contributed by atoms with E-state index in [0.717, 1.165) is 6.92 Å². The van der Waals surface area contributed by atoms with Gasteiger partial charge in [-0.1, -0.05) is 46.4 Å². The van der Waals surface area contributed by atoms with Gasteiger partial charge in [0.1, 0.15) is 9.75 Å². The van der Waals surface area contributed by atoms with Crippen LogP contribution in [0, 0.1) is 11.8 Å². The van der Waals surface area contributed by atoms with Gasteiger partial charge in [-0.25, -0.2) is 4.79 Å². The molecule has 0 unspecified atom stereocenters. The summed E-state index contributed by atoms with van der Waals surface area (Å²) in [5, 5.41) is -0.111. The van der Waals surface area contributed by atoms with Gasteiger partial charge in [0, 0.05) is 6.92 Å². The smallest absolute Gasteiger partial charge is 0.330 e. The molecule has 22 heavy (non-hydrogen) atoms. The van der Waals surface area contributed by atoms with Crippen LogP contribution in [0.2, 0.25) is 0 Å². The topological polar surface area (TPSA) is 63.7 Å². The Balaban J connectivity index is 2.21. The molecule has 1 heterocycles. The molecule has 2 aliphatic carbocycles. The molecule has 2 fully saturated rings. The highest BCUT2D eigenvalue weighted by Crippen LogP contribution is 2.77. The molecule has 0 N–H and O–H groups in total. The SMILES string of the molecule is CC(=O)ON1C(=O)[C@H]2[C@H](C1=O)[C@@]1(Cl)C(Cl)=C(Cl)[C@@]2(Cl)C1(Cl)Cl. The van der Waals surface area contributed by atoms with E-state index in [1.54, 1.807) is 0 Å². The monoisotopic (exact) mass is 425 g/mol. The van der Waals surface area contributed by atoms with Crippen molar-refractivity contribution in [2.75, 3.05) is 0 Å². The Labute approximate surface area is 154 Å². The van der Waals surface area contributed by atoms with E-state index in [-0.39, 0.29) is 10.1 Å². The van der Waals surface area contributed by atoms with E-state index in [1.165, 1.54) is 0 Å². The zero-order chi connectivity index (χ0) is 16.8. The van der Waals surface area contributed by atoms with Crippen LogP contribution in [0.5, 0.6) is 0 Å². The first kappa shape index (κ1) is 16.9. The number of hydrogen-bond donors (Lipinski definition) is 0. The number of rotatable bonds is 1. The van der Waals surface area contributed by atoms with E-state index in [2.05, 4.69) is 4.84 Å². The van der Waals surface area contributed by atoms with E-state index in [0.29, 0.717) is 5.06 Å². The van der Waals surface area contributed by atoms with Crippen LogP contribution in [0.4, 0.5) is 0 Å². The van der Waals surface area contributed by atoms with Crippen LogP contribution in [-0.4, -0.2) is 36.9 Å². The fraction of sp³-hybridized carbons (Fsp3) is 0.545. The summed E-state index contributed by atoms with van der Waals surface area (Å²) >= 11 is 37.5. The Morgan fingerprint density at radius 1 is 1.00 bits per heavy atom. The third kappa shape index (κ3) is 1.49. The molecule has 3 aliphatic rings. The standard InChI is InChI=1S/C11H5Cl6NO4/c1-2(19)22-18-7(20)3-4(8(18)21)10(15)6(13)5(12)9(3,14)11(10,16)17/h3-4H,1H3/t3-,4-,9-,10-/m1/s1. The van der Waals surface area contributed by atoms with Crippen molar-refractivity contribution in [3.63, 3.8) is 0 Å². The predicted octanol–water partition coefficient (Wildman–Crippen LogP) is 2.91. The van der Waals surface area contributed by atoms with Gasteiger partial charge >= 0.3 is 5.97 Å². The summed E-state index contributed by atoms with van der Waals surface area (Å²) in [6.07, 6.45) is 0. The second-order valence-corrected chi connectivity index (χ2v) is 8.41. The van der Waals surface area contributed by atoms with Crippen molar-refractivity contribution in [2.45, 2.75) is 21.0 Å². The first-order valence-corrected chi connectivity index (χ1v) is 8.09. The van der Waals surface area contributed by atoms with Crippen molar-refractivity contribution in [3.05, 3.63) is 10.1 Å². The predicted molar refractivity (Wildman–Crippen MR) is 80.9 cm³/mol. The van der Waals surface area contributed by atoms with Gasteiger partial charge < -0.3 is 4.84 Å². The first-order chi connectivity index (χ1) is 9.94. The molecule has 2 amide bonds. The molecule has 1 saturated heterocycles. The lowest BCUT2D eigenvalue weighted by atomic mass is 9.84. The fourth-order valence-electron chi connectivity index (χ4n) is 3.19. The Morgan fingerprint density at radius 3 is 1.68 bits per heavy atom. The minimum absolute atomic E-state index is 0.206. The van der Waals surface area contributed by atoms with Crippen molar-refractivity contribution >= 4 is 87.4 Å². The molecule has 5 nitrogen and oxygen atoms in total. The summed E-state index contributed by atoms with van der Waals surface area (Å²) in [5.74, 6) is -5.28. The van der Waals surface area contributed by atoms with Crippen LogP contribution in [0.25, 0.3) is 0 Å². The highest BCUT2D eigenvalue weighted by molar-refractivity contribution is 6.66. The van der Waals surface area contributed by atoms with Crippen LogP contribution >= 0.6 is 69.6 Å². The van der Waals surface area contributed by atoms with Gasteiger partial charge in [0.15, 0.2) is 4.33 Å². The summed E-state index contributed by atoms with van der Waals surface area (Å²) in [6, 6.07) is 0. The van der Waals surface area contributed by atoms with Crippen LogP contribution < -0.4 is 0 Å². The molecule has 0 spiro atoms. The van der Waals surface area contributed by atoms with Crippen molar-refractivity contribution < 1.29 is 19.2 Å². The van der Waals surface area contributed by atoms with Crippen molar-refractivity contribution in [2.24, 2.45) is 11.8 Å². The van der Waals surface area contributed by atoms with Crippen molar-refractivity contribution in [1.29, 1.82) is 0 Å². The highest BCUT2D eigenvalue weighted by atomic mass is 35.5. The molecular formula is C11H5Cl6NO4. The molecule has 0 aromatic carbocycles. The van der Waals surface area contributed by atoms with Crippen LogP contribution in [-0.2, 0) is 19.2 Å². The number of carbonyl (C=O) groups excluding carboxylic acids is 3. The molecule has 4 atom stereocenters. The molecule has 1 aliphatic heterocycles. The number of hydrogen-bond acceptors (Lipinski definition) is 4. The lowest BCUT2D eigenvalue weighted by molar-refractivity contribution is -0.197. The summed E-state index contributed by atoms with van der Waals surface area (Å²) in [4.78, 5) is 36.8. The van der Waals surface area contributed by atoms with Gasteiger partial charge in [0.2, 0.25) is 0 Å². The zero-order valence-corrected chi connectivity index (χ0v) is 15.0. The average Bonchev–Trinajstić information content (AvgIpc) is 2.78. The number of allylic oxidation sites excluding steroid dienone is 2. The van der Waals surface area contributed by atoms with Crippen LogP contribution in [0.15, 0.2) is 10.1 Å². The third-order valence-corrected chi connectivity index (χ3v) is 8.35. The maximum atomic E-state index is 12.5. The normalized spacial score (nSPS) is 42.2. The van der Waals surface area contributed by atoms with Crippen molar-refractivity contribution in [3.8, 4) is 0 Å². The second-order valence-electron chi connectivity index (χ2n) is 5.13. The summed E-state index contributed by atoms with van der Waals surface area (Å²) < 4.78 is -2.00. The Bertz CT molecular complexity index is 631. The van der Waals surface area contributed by atoms with Crippen LogP contribution in [0.3, 0.4) is 0 Å². The third-order valence-electron chi connectivity index (χ3n) is 4.09. The molecule has 1 saturated carbocycles. The van der Waals surface area contributed by atoms with Gasteiger partial charge in [-0.3, -0.25) is 9.59 Å². The minimum atomic E-state index is -2.00. The van der Waals surface area contributed by atoms with E-state index < -0.39 is 43.7 Å². The summed E-state index contributed by atoms with van der Waals surface area (Å²) in [6.45, 7) is 1.03. The molecule has 120 valence electrons. The number of hydroxylamine groups is 2. The molecule has 3 rings (SSSR count). The number of alkyl halides is 4. The van der Waals surface area contributed by atoms with E-state index >= 15 is 0 Å². The Kier molecular flexibility index (Phi) is 3.53. The fourth-order valence-corrected chi connectivity index (χ4v) is 6.12. The van der Waals surface area contributed by atoms with Crippen molar-refractivity contribution in [1.82, 2.24) is 5.06 Å². The maximum absolute atomic E-state index is 12.5. The van der Waals surface area contributed by atoms with E-state index in [4.69, 9.17) is 69.6 Å². The van der Waals surface area contributed by atoms with Gasteiger partial charge in [0.05, 0.1) is 21.9 Å². The average molecular weight is 428 g/mol. The number of fused-ring (bicyclic) bond motifs is 5. The zero-order valence-electron chi connectivity index (χ0n) is 10.5. The maximum Gasteiger partial charge on any atom is 0.330 e. The number of nitrogens with zero attached hydrogens (tertiary/aromatic N) is 1. The van der Waals surface area contributed by atoms with Gasteiger partial charge in [-0.15, -0.1) is 28.3 Å². The largest absolute Gasteiger partial charge is 0.331 e. The molecule has 0 aromatic heterocycles.